The topological polar surface area (TPSA) is 59.8 Å². The van der Waals surface area contributed by atoms with E-state index in [1.54, 1.807) is 10.7 Å². The summed E-state index contributed by atoms with van der Waals surface area (Å²) in [7, 11) is 1.87. The second-order valence-corrected chi connectivity index (χ2v) is 6.94. The lowest BCUT2D eigenvalue weighted by atomic mass is 10.1. The van der Waals surface area contributed by atoms with E-state index in [0.29, 0.717) is 4.88 Å². The number of halogens is 1. The Morgan fingerprint density at radius 3 is 2.70 bits per heavy atom. The van der Waals surface area contributed by atoms with E-state index in [9.17, 15) is 9.18 Å². The molecular formula is C20H15FN4OS. The van der Waals surface area contributed by atoms with E-state index in [-0.39, 0.29) is 5.82 Å². The maximum Gasteiger partial charge on any atom is 0.266 e. The van der Waals surface area contributed by atoms with Gasteiger partial charge in [-0.05, 0) is 30.3 Å². The Kier molecular flexibility index (Phi) is 4.52. The van der Waals surface area contributed by atoms with Crippen LogP contribution in [0.1, 0.15) is 9.67 Å². The number of hydrogen-bond donors (Lipinski definition) is 1. The molecule has 134 valence electrons. The molecule has 0 radical (unpaired) electrons. The van der Waals surface area contributed by atoms with Crippen LogP contribution in [0, 0.1) is 5.82 Å². The number of pyridine rings is 1. The molecule has 0 bridgehead atoms. The highest BCUT2D eigenvalue weighted by Gasteiger charge is 2.16. The van der Waals surface area contributed by atoms with Gasteiger partial charge in [0.05, 0.1) is 21.1 Å². The van der Waals surface area contributed by atoms with Crippen LogP contribution in [0.2, 0.25) is 0 Å². The lowest BCUT2D eigenvalue weighted by Gasteiger charge is -2.03. The molecular weight excluding hydrogens is 363 g/mol. The number of amides is 1. The highest BCUT2D eigenvalue weighted by atomic mass is 32.1. The fourth-order valence-corrected chi connectivity index (χ4v) is 3.64. The highest BCUT2D eigenvalue weighted by molar-refractivity contribution is 7.17. The number of nitrogens with one attached hydrogen (secondary N) is 1. The van der Waals surface area contributed by atoms with E-state index in [4.69, 9.17) is 0 Å². The monoisotopic (exact) mass is 378 g/mol. The number of benzene rings is 1. The molecule has 0 saturated heterocycles. The van der Waals surface area contributed by atoms with Crippen molar-refractivity contribution in [2.75, 3.05) is 5.32 Å². The quantitative estimate of drug-likeness (QED) is 0.564. The van der Waals surface area contributed by atoms with Gasteiger partial charge in [-0.3, -0.25) is 9.48 Å². The zero-order valence-corrected chi connectivity index (χ0v) is 15.2. The van der Waals surface area contributed by atoms with Crippen LogP contribution in [0.3, 0.4) is 0 Å². The Balaban J connectivity index is 1.59. The Bertz CT molecular complexity index is 1100. The van der Waals surface area contributed by atoms with Crippen LogP contribution in [0.15, 0.2) is 66.9 Å². The number of rotatable bonds is 4. The maximum atomic E-state index is 13.7. The van der Waals surface area contributed by atoms with Crippen molar-refractivity contribution >= 4 is 23.1 Å². The average molecular weight is 378 g/mol. The molecule has 0 aliphatic rings. The summed E-state index contributed by atoms with van der Waals surface area (Å²) in [6, 6.07) is 18.2. The minimum absolute atomic E-state index is 0.0793. The molecule has 0 aliphatic carbocycles. The third-order valence-electron chi connectivity index (χ3n) is 4.02. The van der Waals surface area contributed by atoms with Crippen molar-refractivity contribution in [3.05, 3.63) is 77.6 Å². The van der Waals surface area contributed by atoms with Crippen LogP contribution in [-0.4, -0.2) is 20.7 Å². The minimum Gasteiger partial charge on any atom is -0.303 e. The van der Waals surface area contributed by atoms with E-state index in [1.165, 1.54) is 29.7 Å². The van der Waals surface area contributed by atoms with Crippen molar-refractivity contribution in [1.29, 1.82) is 0 Å². The second-order valence-electron chi connectivity index (χ2n) is 5.86. The molecule has 0 aliphatic heterocycles. The number of carbonyl (C=O) groups excluding carboxylic acids is 1. The molecule has 4 rings (SSSR count). The molecule has 4 aromatic rings. The summed E-state index contributed by atoms with van der Waals surface area (Å²) < 4.78 is 15.5. The lowest BCUT2D eigenvalue weighted by molar-refractivity contribution is 0.102. The smallest absolute Gasteiger partial charge is 0.266 e. The second kappa shape index (κ2) is 7.13. The van der Waals surface area contributed by atoms with Crippen molar-refractivity contribution in [3.63, 3.8) is 0 Å². The molecule has 5 nitrogen and oxygen atoms in total. The molecule has 7 heteroatoms. The molecule has 3 heterocycles. The van der Waals surface area contributed by atoms with Gasteiger partial charge in [-0.1, -0.05) is 30.3 Å². The molecule has 0 fully saturated rings. The van der Waals surface area contributed by atoms with Gasteiger partial charge in [0.1, 0.15) is 0 Å². The number of anilines is 1. The number of nitrogens with zero attached hydrogens (tertiary/aromatic N) is 3. The normalized spacial score (nSPS) is 10.7. The number of aryl methyl sites for hydroxylation is 1. The minimum atomic E-state index is -0.568. The van der Waals surface area contributed by atoms with Crippen molar-refractivity contribution in [2.45, 2.75) is 0 Å². The Hall–Kier alpha value is -3.32. The van der Waals surface area contributed by atoms with Gasteiger partial charge in [-0.15, -0.1) is 11.3 Å². The molecule has 1 amide bonds. The zero-order valence-electron chi connectivity index (χ0n) is 14.4. The maximum absolute atomic E-state index is 13.7. The summed E-state index contributed by atoms with van der Waals surface area (Å²) in [4.78, 5) is 17.6. The van der Waals surface area contributed by atoms with E-state index >= 15 is 0 Å². The fourth-order valence-electron chi connectivity index (χ4n) is 2.69. The molecule has 0 unspecified atom stereocenters. The van der Waals surface area contributed by atoms with Gasteiger partial charge in [-0.25, -0.2) is 9.37 Å². The van der Waals surface area contributed by atoms with Crippen LogP contribution >= 0.6 is 11.3 Å². The Morgan fingerprint density at radius 1 is 1.11 bits per heavy atom. The Labute approximate surface area is 159 Å². The summed E-state index contributed by atoms with van der Waals surface area (Å²) >= 11 is 1.32. The summed E-state index contributed by atoms with van der Waals surface area (Å²) in [6.07, 6.45) is 1.43. The van der Waals surface area contributed by atoms with E-state index in [0.717, 1.165) is 21.8 Å². The van der Waals surface area contributed by atoms with Gasteiger partial charge >= 0.3 is 0 Å². The molecule has 3 aromatic heterocycles. The average Bonchev–Trinajstić information content (AvgIpc) is 3.31. The van der Waals surface area contributed by atoms with Crippen LogP contribution < -0.4 is 5.32 Å². The number of aromatic nitrogens is 3. The molecule has 0 spiro atoms. The van der Waals surface area contributed by atoms with Gasteiger partial charge in [-0.2, -0.15) is 5.10 Å². The number of thiophene rings is 1. The van der Waals surface area contributed by atoms with E-state index in [2.05, 4.69) is 15.4 Å². The van der Waals surface area contributed by atoms with Crippen LogP contribution in [-0.2, 0) is 7.05 Å². The van der Waals surface area contributed by atoms with E-state index in [1.807, 2.05) is 49.5 Å². The van der Waals surface area contributed by atoms with Crippen LogP contribution in [0.4, 0.5) is 10.2 Å². The van der Waals surface area contributed by atoms with Gasteiger partial charge in [0.2, 0.25) is 0 Å². The molecule has 1 N–H and O–H groups in total. The first kappa shape index (κ1) is 17.1. The standard InChI is InChI=1S/C20H15FN4OS/c1-25-16(12-15(24-25)13-6-3-2-4-7-13)17-9-10-18(27-17)20(26)23-19-14(21)8-5-11-22-19/h2-12H,1H3,(H,22,23,26). The number of carbonyl (C=O) groups is 1. The van der Waals surface area contributed by atoms with Crippen LogP contribution in [0.5, 0.6) is 0 Å². The first-order chi connectivity index (χ1) is 13.1. The van der Waals surface area contributed by atoms with Crippen LogP contribution in [0.25, 0.3) is 21.8 Å². The molecule has 1 aromatic carbocycles. The predicted octanol–water partition coefficient (Wildman–Crippen LogP) is 4.60. The summed E-state index contributed by atoms with van der Waals surface area (Å²) in [5, 5.41) is 7.05. The van der Waals surface area contributed by atoms with Crippen molar-refractivity contribution in [2.24, 2.45) is 7.05 Å². The summed E-state index contributed by atoms with van der Waals surface area (Å²) in [6.45, 7) is 0. The predicted molar refractivity (Wildman–Crippen MR) is 104 cm³/mol. The van der Waals surface area contributed by atoms with Crippen molar-refractivity contribution < 1.29 is 9.18 Å². The largest absolute Gasteiger partial charge is 0.303 e. The highest BCUT2D eigenvalue weighted by Crippen LogP contribution is 2.31. The van der Waals surface area contributed by atoms with Crippen molar-refractivity contribution in [3.8, 4) is 21.8 Å². The third-order valence-corrected chi connectivity index (χ3v) is 5.13. The first-order valence-electron chi connectivity index (χ1n) is 8.23. The van der Waals surface area contributed by atoms with E-state index < -0.39 is 11.7 Å². The van der Waals surface area contributed by atoms with Gasteiger partial charge in [0.15, 0.2) is 11.6 Å². The van der Waals surface area contributed by atoms with Gasteiger partial charge in [0.25, 0.3) is 5.91 Å². The third kappa shape index (κ3) is 3.50. The van der Waals surface area contributed by atoms with Crippen molar-refractivity contribution in [1.82, 2.24) is 14.8 Å². The fraction of sp³-hybridized carbons (Fsp3) is 0.0500. The molecule has 0 atom stereocenters. The molecule has 27 heavy (non-hydrogen) atoms. The summed E-state index contributed by atoms with van der Waals surface area (Å²) in [5.74, 6) is -1.04. The van der Waals surface area contributed by atoms with Gasteiger partial charge < -0.3 is 5.32 Å². The first-order valence-corrected chi connectivity index (χ1v) is 9.05. The molecule has 0 saturated carbocycles. The zero-order chi connectivity index (χ0) is 18.8. The summed E-state index contributed by atoms with van der Waals surface area (Å²) in [5.41, 5.74) is 2.80. The SMILES string of the molecule is Cn1nc(-c2ccccc2)cc1-c1ccc(C(=O)Nc2ncccc2F)s1. The number of hydrogen-bond acceptors (Lipinski definition) is 4. The Morgan fingerprint density at radius 2 is 1.93 bits per heavy atom. The van der Waals surface area contributed by atoms with Gasteiger partial charge in [0, 0.05) is 18.8 Å². The lowest BCUT2D eigenvalue weighted by Crippen LogP contribution is -2.12.